The van der Waals surface area contributed by atoms with E-state index in [0.717, 1.165) is 13.1 Å². The summed E-state index contributed by atoms with van der Waals surface area (Å²) < 4.78 is 2.36. The van der Waals surface area contributed by atoms with Gasteiger partial charge in [0.05, 0.1) is 12.0 Å². The van der Waals surface area contributed by atoms with E-state index in [0.29, 0.717) is 12.1 Å². The second kappa shape index (κ2) is 6.06. The molecule has 0 saturated carbocycles. The third kappa shape index (κ3) is 3.00. The maximum absolute atomic E-state index is 4.37. The van der Waals surface area contributed by atoms with Crippen molar-refractivity contribution >= 4 is 0 Å². The van der Waals surface area contributed by atoms with E-state index in [1.807, 2.05) is 12.5 Å². The van der Waals surface area contributed by atoms with Crippen LogP contribution in [0.1, 0.15) is 50.8 Å². The Labute approximate surface area is 116 Å². The maximum atomic E-state index is 4.37. The van der Waals surface area contributed by atoms with Crippen LogP contribution in [0.2, 0.25) is 0 Å². The standard InChI is InChI=1S/C15H26N4/c1-13(18-8-3-2-4-9-18)11-19-12-16-10-15(19)14-6-5-7-17-14/h10,12-14,17H,2-9,11H2,1H3. The molecule has 106 valence electrons. The number of aromatic nitrogens is 2. The Morgan fingerprint density at radius 3 is 2.89 bits per heavy atom. The summed E-state index contributed by atoms with van der Waals surface area (Å²) in [6, 6.07) is 1.14. The zero-order chi connectivity index (χ0) is 13.1. The number of hydrogen-bond acceptors (Lipinski definition) is 3. The molecule has 0 aliphatic carbocycles. The summed E-state index contributed by atoms with van der Waals surface area (Å²) in [5.74, 6) is 0. The monoisotopic (exact) mass is 262 g/mol. The van der Waals surface area contributed by atoms with Gasteiger partial charge < -0.3 is 9.88 Å². The van der Waals surface area contributed by atoms with E-state index in [-0.39, 0.29) is 0 Å². The van der Waals surface area contributed by atoms with Crippen LogP contribution < -0.4 is 5.32 Å². The van der Waals surface area contributed by atoms with E-state index in [2.05, 4.69) is 26.7 Å². The van der Waals surface area contributed by atoms with E-state index in [1.165, 1.54) is 50.9 Å². The van der Waals surface area contributed by atoms with E-state index < -0.39 is 0 Å². The van der Waals surface area contributed by atoms with Gasteiger partial charge in [-0.25, -0.2) is 4.98 Å². The average Bonchev–Trinajstić information content (AvgIpc) is 3.10. The first-order chi connectivity index (χ1) is 9.34. The van der Waals surface area contributed by atoms with Crippen LogP contribution in [0.25, 0.3) is 0 Å². The van der Waals surface area contributed by atoms with Crippen LogP contribution in [0.4, 0.5) is 0 Å². The second-order valence-electron chi connectivity index (χ2n) is 6.07. The van der Waals surface area contributed by atoms with Gasteiger partial charge in [0, 0.05) is 24.8 Å². The Kier molecular flexibility index (Phi) is 4.18. The fourth-order valence-corrected chi connectivity index (χ4v) is 3.47. The summed E-state index contributed by atoms with van der Waals surface area (Å²) in [6.45, 7) is 7.13. The third-order valence-corrected chi connectivity index (χ3v) is 4.64. The summed E-state index contributed by atoms with van der Waals surface area (Å²) in [6.07, 6.45) is 10.7. The lowest BCUT2D eigenvalue weighted by molar-refractivity contribution is 0.158. The Morgan fingerprint density at radius 1 is 1.32 bits per heavy atom. The predicted octanol–water partition coefficient (Wildman–Crippen LogP) is 2.18. The molecule has 3 rings (SSSR count). The van der Waals surface area contributed by atoms with Crippen LogP contribution in [-0.4, -0.2) is 40.1 Å². The number of likely N-dealkylation sites (tertiary alicyclic amines) is 1. The van der Waals surface area contributed by atoms with Crippen LogP contribution in [0.5, 0.6) is 0 Å². The summed E-state index contributed by atoms with van der Waals surface area (Å²) in [7, 11) is 0. The lowest BCUT2D eigenvalue weighted by atomic mass is 10.1. The number of nitrogens with one attached hydrogen (secondary N) is 1. The first-order valence-electron chi connectivity index (χ1n) is 7.82. The van der Waals surface area contributed by atoms with Crippen molar-refractivity contribution in [3.05, 3.63) is 18.2 Å². The molecule has 2 saturated heterocycles. The summed E-state index contributed by atoms with van der Waals surface area (Å²) in [5.41, 5.74) is 1.38. The largest absolute Gasteiger partial charge is 0.332 e. The molecule has 2 unspecified atom stereocenters. The lowest BCUT2D eigenvalue weighted by Gasteiger charge is -2.33. The normalized spacial score (nSPS) is 26.7. The summed E-state index contributed by atoms with van der Waals surface area (Å²) >= 11 is 0. The molecule has 0 aromatic carbocycles. The Balaban J connectivity index is 1.63. The predicted molar refractivity (Wildman–Crippen MR) is 77.1 cm³/mol. The molecular weight excluding hydrogens is 236 g/mol. The van der Waals surface area contributed by atoms with E-state index >= 15 is 0 Å². The van der Waals surface area contributed by atoms with Gasteiger partial charge in [0.15, 0.2) is 0 Å². The molecule has 2 atom stereocenters. The van der Waals surface area contributed by atoms with Crippen LogP contribution in [0.15, 0.2) is 12.5 Å². The van der Waals surface area contributed by atoms with Gasteiger partial charge in [0.25, 0.3) is 0 Å². The van der Waals surface area contributed by atoms with Crippen LogP contribution in [0.3, 0.4) is 0 Å². The Morgan fingerprint density at radius 2 is 2.16 bits per heavy atom. The minimum atomic E-state index is 0.524. The van der Waals surface area contributed by atoms with Crippen molar-refractivity contribution in [3.63, 3.8) is 0 Å². The highest BCUT2D eigenvalue weighted by Gasteiger charge is 2.22. The van der Waals surface area contributed by atoms with Crippen molar-refractivity contribution in [2.75, 3.05) is 19.6 Å². The zero-order valence-corrected chi connectivity index (χ0v) is 12.0. The third-order valence-electron chi connectivity index (χ3n) is 4.64. The van der Waals surface area contributed by atoms with Gasteiger partial charge in [-0.1, -0.05) is 6.42 Å². The van der Waals surface area contributed by atoms with Gasteiger partial charge in [0.1, 0.15) is 0 Å². The van der Waals surface area contributed by atoms with Gasteiger partial charge in [0.2, 0.25) is 0 Å². The molecule has 3 heterocycles. The van der Waals surface area contributed by atoms with Gasteiger partial charge in [-0.3, -0.25) is 4.90 Å². The minimum Gasteiger partial charge on any atom is -0.332 e. The number of imidazole rings is 1. The van der Waals surface area contributed by atoms with E-state index in [1.54, 1.807) is 0 Å². The molecule has 2 fully saturated rings. The van der Waals surface area contributed by atoms with Crippen molar-refractivity contribution in [3.8, 4) is 0 Å². The first-order valence-corrected chi connectivity index (χ1v) is 7.82. The first kappa shape index (κ1) is 13.1. The molecule has 0 radical (unpaired) electrons. The highest BCUT2D eigenvalue weighted by molar-refractivity contribution is 5.07. The molecule has 0 bridgehead atoms. The van der Waals surface area contributed by atoms with Crippen molar-refractivity contribution in [1.82, 2.24) is 19.8 Å². The molecule has 0 spiro atoms. The van der Waals surface area contributed by atoms with Crippen LogP contribution >= 0.6 is 0 Å². The number of nitrogens with zero attached hydrogens (tertiary/aromatic N) is 3. The minimum absolute atomic E-state index is 0.524. The fraction of sp³-hybridized carbons (Fsp3) is 0.800. The molecule has 1 aromatic heterocycles. The molecule has 0 amide bonds. The van der Waals surface area contributed by atoms with Gasteiger partial charge >= 0.3 is 0 Å². The van der Waals surface area contributed by atoms with Crippen molar-refractivity contribution in [2.24, 2.45) is 0 Å². The molecule has 4 nitrogen and oxygen atoms in total. The van der Waals surface area contributed by atoms with Crippen LogP contribution in [0, 0.1) is 0 Å². The van der Waals surface area contributed by atoms with Crippen molar-refractivity contribution < 1.29 is 0 Å². The van der Waals surface area contributed by atoms with E-state index in [4.69, 9.17) is 0 Å². The molecule has 2 aliphatic heterocycles. The summed E-state index contributed by atoms with van der Waals surface area (Å²) in [5, 5.41) is 3.58. The van der Waals surface area contributed by atoms with Gasteiger partial charge in [-0.05, 0) is 52.2 Å². The van der Waals surface area contributed by atoms with Gasteiger partial charge in [-0.15, -0.1) is 0 Å². The summed E-state index contributed by atoms with van der Waals surface area (Å²) in [4.78, 5) is 7.00. The van der Waals surface area contributed by atoms with E-state index in [9.17, 15) is 0 Å². The second-order valence-corrected chi connectivity index (χ2v) is 6.07. The molecule has 19 heavy (non-hydrogen) atoms. The average molecular weight is 262 g/mol. The maximum Gasteiger partial charge on any atom is 0.0949 e. The molecule has 1 N–H and O–H groups in total. The highest BCUT2D eigenvalue weighted by Crippen LogP contribution is 2.23. The number of piperidine rings is 1. The van der Waals surface area contributed by atoms with Crippen molar-refractivity contribution in [1.29, 1.82) is 0 Å². The van der Waals surface area contributed by atoms with Crippen molar-refractivity contribution in [2.45, 2.75) is 57.7 Å². The SMILES string of the molecule is CC(Cn1cncc1C1CCCN1)N1CCCCC1. The molecule has 1 aromatic rings. The number of rotatable bonds is 4. The molecule has 2 aliphatic rings. The van der Waals surface area contributed by atoms with Gasteiger partial charge in [-0.2, -0.15) is 0 Å². The Hall–Kier alpha value is -0.870. The molecular formula is C15H26N4. The van der Waals surface area contributed by atoms with Crippen LogP contribution in [-0.2, 0) is 6.54 Å². The topological polar surface area (TPSA) is 33.1 Å². The quantitative estimate of drug-likeness (QED) is 0.903. The Bertz CT molecular complexity index is 389. The fourth-order valence-electron chi connectivity index (χ4n) is 3.47. The lowest BCUT2D eigenvalue weighted by Crippen LogP contribution is -2.40. The zero-order valence-electron chi connectivity index (χ0n) is 12.0. The number of hydrogen-bond donors (Lipinski definition) is 1. The highest BCUT2D eigenvalue weighted by atomic mass is 15.2. The molecule has 4 heteroatoms. The smallest absolute Gasteiger partial charge is 0.0949 e.